The van der Waals surface area contributed by atoms with Gasteiger partial charge in [-0.2, -0.15) is 0 Å². The van der Waals surface area contributed by atoms with Crippen LogP contribution in [0.1, 0.15) is 25.0 Å². The Kier molecular flexibility index (Phi) is 1.50. The fourth-order valence-electron chi connectivity index (χ4n) is 2.83. The standard InChI is InChI=1S/C10H15N3/c1-2-10(3-4-11-7-10)9-6-12-8-13(9)5-1/h6,8,11H,1-5,7H2. The molecule has 70 valence electrons. The van der Waals surface area contributed by atoms with E-state index in [-0.39, 0.29) is 0 Å². The van der Waals surface area contributed by atoms with E-state index in [2.05, 4.69) is 21.1 Å². The monoisotopic (exact) mass is 177 g/mol. The minimum Gasteiger partial charge on any atom is -0.334 e. The number of nitrogens with zero attached hydrogens (tertiary/aromatic N) is 2. The van der Waals surface area contributed by atoms with Crippen molar-refractivity contribution in [2.75, 3.05) is 13.1 Å². The Morgan fingerprint density at radius 3 is 3.31 bits per heavy atom. The molecule has 13 heavy (non-hydrogen) atoms. The Hall–Kier alpha value is -0.830. The molecule has 0 amide bonds. The first-order chi connectivity index (χ1) is 6.41. The molecule has 3 heteroatoms. The van der Waals surface area contributed by atoms with Crippen LogP contribution in [0.15, 0.2) is 12.5 Å². The average Bonchev–Trinajstić information content (AvgIpc) is 2.74. The fraction of sp³-hybridized carbons (Fsp3) is 0.700. The molecule has 1 aromatic rings. The number of fused-ring (bicyclic) bond motifs is 2. The second-order valence-electron chi connectivity index (χ2n) is 4.28. The van der Waals surface area contributed by atoms with Gasteiger partial charge in [0.2, 0.25) is 0 Å². The number of hydrogen-bond donors (Lipinski definition) is 1. The van der Waals surface area contributed by atoms with Crippen LogP contribution >= 0.6 is 0 Å². The number of imidazole rings is 1. The summed E-state index contributed by atoms with van der Waals surface area (Å²) in [6.07, 6.45) is 7.98. The van der Waals surface area contributed by atoms with Crippen molar-refractivity contribution in [3.63, 3.8) is 0 Å². The van der Waals surface area contributed by atoms with Crippen LogP contribution in [0.4, 0.5) is 0 Å². The van der Waals surface area contributed by atoms with Crippen LogP contribution in [0, 0.1) is 0 Å². The van der Waals surface area contributed by atoms with Gasteiger partial charge in [0, 0.05) is 30.4 Å². The third-order valence-electron chi connectivity index (χ3n) is 3.55. The van der Waals surface area contributed by atoms with Gasteiger partial charge in [0.25, 0.3) is 0 Å². The molecule has 0 bridgehead atoms. The van der Waals surface area contributed by atoms with E-state index in [1.165, 1.54) is 31.5 Å². The Labute approximate surface area is 78.2 Å². The summed E-state index contributed by atoms with van der Waals surface area (Å²) in [6.45, 7) is 3.49. The second-order valence-corrected chi connectivity index (χ2v) is 4.28. The molecule has 1 saturated heterocycles. The summed E-state index contributed by atoms with van der Waals surface area (Å²) >= 11 is 0. The van der Waals surface area contributed by atoms with Crippen molar-refractivity contribution in [1.82, 2.24) is 14.9 Å². The van der Waals surface area contributed by atoms with Gasteiger partial charge >= 0.3 is 0 Å². The van der Waals surface area contributed by atoms with Crippen molar-refractivity contribution in [2.45, 2.75) is 31.2 Å². The van der Waals surface area contributed by atoms with Crippen LogP contribution in [0.25, 0.3) is 0 Å². The molecule has 1 fully saturated rings. The third-order valence-corrected chi connectivity index (χ3v) is 3.55. The summed E-state index contributed by atoms with van der Waals surface area (Å²) in [6, 6.07) is 0. The normalized spacial score (nSPS) is 32.3. The minimum absolute atomic E-state index is 0.425. The summed E-state index contributed by atoms with van der Waals surface area (Å²) in [4.78, 5) is 4.26. The van der Waals surface area contributed by atoms with Crippen molar-refractivity contribution in [2.24, 2.45) is 0 Å². The van der Waals surface area contributed by atoms with Crippen molar-refractivity contribution in [3.8, 4) is 0 Å². The predicted molar refractivity (Wildman–Crippen MR) is 50.6 cm³/mol. The zero-order valence-corrected chi connectivity index (χ0v) is 7.79. The van der Waals surface area contributed by atoms with E-state index in [1.54, 1.807) is 0 Å². The van der Waals surface area contributed by atoms with Crippen LogP contribution in [-0.4, -0.2) is 22.6 Å². The van der Waals surface area contributed by atoms with Crippen molar-refractivity contribution >= 4 is 0 Å². The zero-order chi connectivity index (χ0) is 8.73. The molecule has 0 saturated carbocycles. The molecule has 1 unspecified atom stereocenters. The largest absolute Gasteiger partial charge is 0.334 e. The molecule has 3 rings (SSSR count). The van der Waals surface area contributed by atoms with Crippen LogP contribution in [0.5, 0.6) is 0 Å². The SMILES string of the molecule is c1ncn2c1C1(CCC2)CCNC1. The fourth-order valence-corrected chi connectivity index (χ4v) is 2.83. The lowest BCUT2D eigenvalue weighted by Gasteiger charge is -2.33. The lowest BCUT2D eigenvalue weighted by molar-refractivity contribution is 0.334. The predicted octanol–water partition coefficient (Wildman–Crippen LogP) is 0.908. The summed E-state index contributed by atoms with van der Waals surface area (Å²) < 4.78 is 2.33. The van der Waals surface area contributed by atoms with Gasteiger partial charge in [-0.1, -0.05) is 0 Å². The number of nitrogens with one attached hydrogen (secondary N) is 1. The number of hydrogen-bond acceptors (Lipinski definition) is 2. The summed E-state index contributed by atoms with van der Waals surface area (Å²) in [5.41, 5.74) is 1.89. The molecule has 3 nitrogen and oxygen atoms in total. The van der Waals surface area contributed by atoms with E-state index < -0.39 is 0 Å². The second kappa shape index (κ2) is 2.58. The molecule has 2 aliphatic rings. The Bertz CT molecular complexity index is 310. The molecular formula is C10H15N3. The van der Waals surface area contributed by atoms with E-state index in [9.17, 15) is 0 Å². The number of aryl methyl sites for hydroxylation is 1. The first-order valence-corrected chi connectivity index (χ1v) is 5.12. The lowest BCUT2D eigenvalue weighted by atomic mass is 9.77. The number of aromatic nitrogens is 2. The van der Waals surface area contributed by atoms with Gasteiger partial charge in [0.1, 0.15) is 0 Å². The molecule has 1 spiro atoms. The average molecular weight is 177 g/mol. The minimum atomic E-state index is 0.425. The maximum Gasteiger partial charge on any atom is 0.0948 e. The van der Waals surface area contributed by atoms with Crippen molar-refractivity contribution in [3.05, 3.63) is 18.2 Å². The van der Waals surface area contributed by atoms with Gasteiger partial charge in [-0.25, -0.2) is 4.98 Å². The Morgan fingerprint density at radius 1 is 1.46 bits per heavy atom. The van der Waals surface area contributed by atoms with Gasteiger partial charge in [-0.3, -0.25) is 0 Å². The molecule has 0 radical (unpaired) electrons. The lowest BCUT2D eigenvalue weighted by Crippen LogP contribution is -2.35. The Balaban J connectivity index is 2.08. The highest BCUT2D eigenvalue weighted by atomic mass is 15.1. The molecule has 3 heterocycles. The first-order valence-electron chi connectivity index (χ1n) is 5.12. The maximum absolute atomic E-state index is 4.26. The van der Waals surface area contributed by atoms with Gasteiger partial charge in [0.05, 0.1) is 6.33 Å². The van der Waals surface area contributed by atoms with Crippen LogP contribution in [0.2, 0.25) is 0 Å². The van der Waals surface area contributed by atoms with Crippen LogP contribution in [-0.2, 0) is 12.0 Å². The highest BCUT2D eigenvalue weighted by Crippen LogP contribution is 2.38. The highest BCUT2D eigenvalue weighted by molar-refractivity contribution is 5.20. The smallest absolute Gasteiger partial charge is 0.0948 e. The van der Waals surface area contributed by atoms with Gasteiger partial charge in [0.15, 0.2) is 0 Å². The van der Waals surface area contributed by atoms with Gasteiger partial charge in [-0.05, 0) is 25.8 Å². The summed E-state index contributed by atoms with van der Waals surface area (Å²) in [5.74, 6) is 0. The molecular weight excluding hydrogens is 162 g/mol. The van der Waals surface area contributed by atoms with Crippen molar-refractivity contribution in [1.29, 1.82) is 0 Å². The van der Waals surface area contributed by atoms with E-state index >= 15 is 0 Å². The van der Waals surface area contributed by atoms with E-state index in [4.69, 9.17) is 0 Å². The molecule has 1 atom stereocenters. The maximum atomic E-state index is 4.26. The molecule has 0 aromatic carbocycles. The number of rotatable bonds is 0. The zero-order valence-electron chi connectivity index (χ0n) is 7.79. The van der Waals surface area contributed by atoms with E-state index in [0.29, 0.717) is 5.41 Å². The van der Waals surface area contributed by atoms with Crippen molar-refractivity contribution < 1.29 is 0 Å². The molecule has 1 aromatic heterocycles. The molecule has 1 N–H and O–H groups in total. The van der Waals surface area contributed by atoms with Gasteiger partial charge < -0.3 is 9.88 Å². The molecule has 0 aliphatic carbocycles. The highest BCUT2D eigenvalue weighted by Gasteiger charge is 2.39. The Morgan fingerprint density at radius 2 is 2.46 bits per heavy atom. The quantitative estimate of drug-likeness (QED) is 0.638. The topological polar surface area (TPSA) is 29.9 Å². The summed E-state index contributed by atoms with van der Waals surface area (Å²) in [5, 5.41) is 3.47. The summed E-state index contributed by atoms with van der Waals surface area (Å²) in [7, 11) is 0. The van der Waals surface area contributed by atoms with E-state index in [1.807, 2.05) is 6.33 Å². The van der Waals surface area contributed by atoms with Crippen LogP contribution in [0.3, 0.4) is 0 Å². The third kappa shape index (κ3) is 0.967. The van der Waals surface area contributed by atoms with Gasteiger partial charge in [-0.15, -0.1) is 0 Å². The molecule has 2 aliphatic heterocycles. The van der Waals surface area contributed by atoms with E-state index in [0.717, 1.165) is 13.1 Å². The van der Waals surface area contributed by atoms with Crippen LogP contribution < -0.4 is 5.32 Å². The first kappa shape index (κ1) is 7.56.